The van der Waals surface area contributed by atoms with Crippen LogP contribution in [0.5, 0.6) is 5.88 Å². The van der Waals surface area contributed by atoms with E-state index < -0.39 is 5.60 Å². The molecule has 7 heteroatoms. The van der Waals surface area contributed by atoms with E-state index in [4.69, 9.17) is 21.1 Å². The fraction of sp³-hybridized carbons (Fsp3) is 0.238. The smallest absolute Gasteiger partial charge is 0.270 e. The minimum atomic E-state index is -1.24. The molecule has 5 rings (SSSR count). The van der Waals surface area contributed by atoms with Gasteiger partial charge in [-0.15, -0.1) is 11.3 Å². The first-order valence-corrected chi connectivity index (χ1v) is 10.2. The zero-order chi connectivity index (χ0) is 19.3. The van der Waals surface area contributed by atoms with Crippen LogP contribution in [0.4, 0.5) is 5.69 Å². The lowest BCUT2D eigenvalue weighted by molar-refractivity contribution is -0.140. The number of benzene rings is 1. The normalized spacial score (nSPS) is 20.4. The van der Waals surface area contributed by atoms with E-state index in [1.165, 1.54) is 11.3 Å². The Balaban J connectivity index is 1.70. The molecule has 0 aliphatic carbocycles. The van der Waals surface area contributed by atoms with Crippen LogP contribution in [0, 0.1) is 0 Å². The van der Waals surface area contributed by atoms with Crippen LogP contribution in [0.3, 0.4) is 0 Å². The fourth-order valence-corrected chi connectivity index (χ4v) is 5.14. The number of hydrogen-bond donors (Lipinski definition) is 0. The molecular formula is C21H17ClN2O3S. The third kappa shape index (κ3) is 2.49. The van der Waals surface area contributed by atoms with Gasteiger partial charge in [-0.2, -0.15) is 0 Å². The predicted octanol–water partition coefficient (Wildman–Crippen LogP) is 4.17. The van der Waals surface area contributed by atoms with E-state index in [1.54, 1.807) is 18.1 Å². The van der Waals surface area contributed by atoms with E-state index in [0.717, 1.165) is 28.1 Å². The van der Waals surface area contributed by atoms with E-state index >= 15 is 0 Å². The second-order valence-electron chi connectivity index (χ2n) is 6.75. The molecule has 142 valence electrons. The Hall–Kier alpha value is -2.41. The number of ether oxygens (including phenoxy) is 2. The summed E-state index contributed by atoms with van der Waals surface area (Å²) in [5.41, 5.74) is 2.20. The molecule has 0 spiro atoms. The summed E-state index contributed by atoms with van der Waals surface area (Å²) in [6.07, 6.45) is 0.765. The minimum Gasteiger partial charge on any atom is -0.481 e. The number of rotatable bonds is 4. The van der Waals surface area contributed by atoms with Crippen LogP contribution in [-0.4, -0.2) is 24.6 Å². The molecule has 3 aromatic rings. The maximum Gasteiger partial charge on any atom is 0.270 e. The molecule has 0 radical (unpaired) electrons. The lowest BCUT2D eigenvalue weighted by atomic mass is 9.84. The summed E-state index contributed by atoms with van der Waals surface area (Å²) in [6, 6.07) is 15.3. The summed E-state index contributed by atoms with van der Waals surface area (Å²) in [5.74, 6) is 0.330. The first kappa shape index (κ1) is 17.7. The van der Waals surface area contributed by atoms with Crippen LogP contribution in [0.1, 0.15) is 21.7 Å². The number of thiophene rings is 1. The minimum absolute atomic E-state index is 0.125. The van der Waals surface area contributed by atoms with Crippen molar-refractivity contribution in [1.29, 1.82) is 0 Å². The summed E-state index contributed by atoms with van der Waals surface area (Å²) >= 11 is 7.57. The van der Waals surface area contributed by atoms with Gasteiger partial charge in [0.05, 0.1) is 36.0 Å². The number of carbonyl (C=O) groups is 1. The Morgan fingerprint density at radius 1 is 1.25 bits per heavy atom. The summed E-state index contributed by atoms with van der Waals surface area (Å²) in [7, 11) is 1.56. The van der Waals surface area contributed by atoms with Crippen molar-refractivity contribution < 1.29 is 14.3 Å². The quantitative estimate of drug-likeness (QED) is 0.645. The van der Waals surface area contributed by atoms with Gasteiger partial charge in [-0.05, 0) is 36.2 Å². The molecule has 2 aliphatic heterocycles. The number of aromatic nitrogens is 1. The van der Waals surface area contributed by atoms with Gasteiger partial charge >= 0.3 is 0 Å². The summed E-state index contributed by atoms with van der Waals surface area (Å²) in [4.78, 5) is 21.2. The lowest BCUT2D eigenvalue weighted by Crippen LogP contribution is -2.46. The monoisotopic (exact) mass is 412 g/mol. The van der Waals surface area contributed by atoms with Crippen LogP contribution in [0.25, 0.3) is 0 Å². The Labute approximate surface area is 171 Å². The molecule has 28 heavy (non-hydrogen) atoms. The van der Waals surface area contributed by atoms with Crippen molar-refractivity contribution in [1.82, 2.24) is 4.98 Å². The Morgan fingerprint density at radius 2 is 2.11 bits per heavy atom. The second-order valence-corrected chi connectivity index (χ2v) is 8.55. The van der Waals surface area contributed by atoms with Gasteiger partial charge in [-0.3, -0.25) is 4.79 Å². The van der Waals surface area contributed by atoms with Gasteiger partial charge in [-0.25, -0.2) is 4.98 Å². The number of anilines is 1. The summed E-state index contributed by atoms with van der Waals surface area (Å²) in [6.45, 7) is 0.904. The van der Waals surface area contributed by atoms with Gasteiger partial charge in [-0.1, -0.05) is 29.8 Å². The predicted molar refractivity (Wildman–Crippen MR) is 108 cm³/mol. The lowest BCUT2D eigenvalue weighted by Gasteiger charge is -2.33. The number of amides is 1. The van der Waals surface area contributed by atoms with Crippen molar-refractivity contribution >= 4 is 34.5 Å². The Morgan fingerprint density at radius 3 is 2.89 bits per heavy atom. The van der Waals surface area contributed by atoms with Crippen LogP contribution >= 0.6 is 22.9 Å². The van der Waals surface area contributed by atoms with Crippen LogP contribution < -0.4 is 9.64 Å². The number of halogens is 1. The van der Waals surface area contributed by atoms with Crippen LogP contribution in [0.15, 0.2) is 48.5 Å². The molecule has 2 aromatic heterocycles. The van der Waals surface area contributed by atoms with Crippen molar-refractivity contribution in [2.75, 3.05) is 18.6 Å². The molecule has 0 N–H and O–H groups in total. The maximum absolute atomic E-state index is 13.8. The van der Waals surface area contributed by atoms with Gasteiger partial charge < -0.3 is 14.4 Å². The van der Waals surface area contributed by atoms with Crippen LogP contribution in [-0.2, 0) is 28.1 Å². The Kier molecular flexibility index (Phi) is 4.16. The second kappa shape index (κ2) is 6.58. The molecule has 0 fully saturated rings. The molecule has 1 amide bonds. The van der Waals surface area contributed by atoms with Crippen molar-refractivity contribution in [2.45, 2.75) is 18.6 Å². The first-order chi connectivity index (χ1) is 13.6. The van der Waals surface area contributed by atoms with E-state index in [9.17, 15) is 4.79 Å². The van der Waals surface area contributed by atoms with Gasteiger partial charge in [0.2, 0.25) is 11.5 Å². The zero-order valence-electron chi connectivity index (χ0n) is 15.1. The molecule has 0 saturated carbocycles. The highest BCUT2D eigenvalue weighted by molar-refractivity contribution is 7.16. The van der Waals surface area contributed by atoms with Crippen molar-refractivity contribution in [3.8, 4) is 5.88 Å². The van der Waals surface area contributed by atoms with E-state index in [0.29, 0.717) is 29.1 Å². The van der Waals surface area contributed by atoms with Crippen molar-refractivity contribution in [3.05, 3.63) is 74.6 Å². The fourth-order valence-electron chi connectivity index (χ4n) is 4.07. The summed E-state index contributed by atoms with van der Waals surface area (Å²) in [5, 5.41) is 0. The number of hydrogen-bond acceptors (Lipinski definition) is 5. The molecule has 1 atom stereocenters. The summed E-state index contributed by atoms with van der Waals surface area (Å²) < 4.78 is 12.2. The third-order valence-corrected chi connectivity index (χ3v) is 6.46. The van der Waals surface area contributed by atoms with Crippen molar-refractivity contribution in [3.63, 3.8) is 0 Å². The highest BCUT2D eigenvalue weighted by atomic mass is 35.5. The molecular weight excluding hydrogens is 396 g/mol. The largest absolute Gasteiger partial charge is 0.481 e. The average molecular weight is 413 g/mol. The van der Waals surface area contributed by atoms with E-state index in [-0.39, 0.29) is 5.91 Å². The number of methoxy groups -OCH3 is 1. The van der Waals surface area contributed by atoms with Gasteiger partial charge in [0.15, 0.2) is 0 Å². The number of pyridine rings is 1. The standard InChI is InChI=1S/C21H17ClN2O3S/c1-26-18-7-3-6-16(23-18)21-19-13(10-11-27-21)4-2-5-15(19)24(20(21)25)12-14-8-9-17(22)28-14/h2-9H,10-12H2,1H3. The molecule has 5 nitrogen and oxygen atoms in total. The molecule has 2 aliphatic rings. The average Bonchev–Trinajstić information content (AvgIpc) is 3.25. The van der Waals surface area contributed by atoms with Gasteiger partial charge in [0, 0.05) is 16.5 Å². The molecule has 0 bridgehead atoms. The first-order valence-electron chi connectivity index (χ1n) is 8.97. The Bertz CT molecular complexity index is 1080. The van der Waals surface area contributed by atoms with Gasteiger partial charge in [0.1, 0.15) is 0 Å². The maximum atomic E-state index is 13.8. The molecule has 4 heterocycles. The number of nitrogens with zero attached hydrogens (tertiary/aromatic N) is 2. The molecule has 1 unspecified atom stereocenters. The highest BCUT2D eigenvalue weighted by Gasteiger charge is 2.57. The van der Waals surface area contributed by atoms with Crippen molar-refractivity contribution in [2.24, 2.45) is 0 Å². The third-order valence-electron chi connectivity index (χ3n) is 5.24. The molecule has 0 saturated heterocycles. The van der Waals surface area contributed by atoms with E-state index in [2.05, 4.69) is 11.1 Å². The number of carbonyl (C=O) groups excluding carboxylic acids is 1. The van der Waals surface area contributed by atoms with E-state index in [1.807, 2.05) is 36.4 Å². The zero-order valence-corrected chi connectivity index (χ0v) is 16.7. The van der Waals surface area contributed by atoms with Crippen LogP contribution in [0.2, 0.25) is 4.34 Å². The topological polar surface area (TPSA) is 51.7 Å². The highest BCUT2D eigenvalue weighted by Crippen LogP contribution is 2.51. The molecule has 1 aromatic carbocycles. The SMILES string of the molecule is COc1cccc(C23OCCc4cccc(c42)N(Cc2ccc(Cl)s2)C3=O)n1. The van der Waals surface area contributed by atoms with Gasteiger partial charge in [0.25, 0.3) is 5.91 Å².